The van der Waals surface area contributed by atoms with Crippen LogP contribution in [-0.2, 0) is 4.79 Å². The van der Waals surface area contributed by atoms with Crippen LogP contribution in [0.2, 0.25) is 0 Å². The third-order valence-corrected chi connectivity index (χ3v) is 2.74. The molecule has 5 nitrogen and oxygen atoms in total. The minimum Gasteiger partial charge on any atom is -0.478 e. The van der Waals surface area contributed by atoms with Crippen molar-refractivity contribution in [2.75, 3.05) is 0 Å². The first kappa shape index (κ1) is 13.5. The van der Waals surface area contributed by atoms with Crippen molar-refractivity contribution in [3.63, 3.8) is 0 Å². The molecule has 0 bridgehead atoms. The molecule has 0 unspecified atom stereocenters. The molecule has 0 spiro atoms. The molecule has 5 heteroatoms. The van der Waals surface area contributed by atoms with Gasteiger partial charge in [0.25, 0.3) is 5.69 Å². The summed E-state index contributed by atoms with van der Waals surface area (Å²) >= 11 is 0. The number of hydrogen-bond donors (Lipinski definition) is 1. The second-order valence-corrected chi connectivity index (χ2v) is 4.04. The van der Waals surface area contributed by atoms with Crippen LogP contribution in [0.5, 0.6) is 0 Å². The number of rotatable bonds is 4. The number of nitrogens with zero attached hydrogens (tertiary/aromatic N) is 1. The highest BCUT2D eigenvalue weighted by Crippen LogP contribution is 2.30. The first-order chi connectivity index (χ1) is 9.59. The average Bonchev–Trinajstić information content (AvgIpc) is 2.45. The van der Waals surface area contributed by atoms with E-state index in [-0.39, 0.29) is 11.3 Å². The topological polar surface area (TPSA) is 80.4 Å². The minimum atomic E-state index is -1.15. The fourth-order valence-electron chi connectivity index (χ4n) is 1.92. The molecule has 0 saturated heterocycles. The van der Waals surface area contributed by atoms with Crippen LogP contribution in [0.1, 0.15) is 11.1 Å². The summed E-state index contributed by atoms with van der Waals surface area (Å²) < 4.78 is 0. The zero-order valence-corrected chi connectivity index (χ0v) is 10.4. The molecule has 0 aliphatic carbocycles. The van der Waals surface area contributed by atoms with Crippen LogP contribution in [0.3, 0.4) is 0 Å². The number of carboxylic acid groups (broad SMARTS) is 1. The SMILES string of the molecule is O=C(O)/C=C(/c1ccccc1)c1ccccc1[N+](=O)[O-]. The molecule has 0 aliphatic heterocycles. The van der Waals surface area contributed by atoms with Crippen molar-refractivity contribution >= 4 is 17.2 Å². The molecule has 0 aliphatic rings. The molecule has 2 rings (SSSR count). The average molecular weight is 269 g/mol. The van der Waals surface area contributed by atoms with Gasteiger partial charge in [0.05, 0.1) is 10.5 Å². The lowest BCUT2D eigenvalue weighted by atomic mass is 9.96. The number of benzene rings is 2. The minimum absolute atomic E-state index is 0.121. The Morgan fingerprint density at radius 2 is 1.65 bits per heavy atom. The number of aliphatic carboxylic acids is 1. The third kappa shape index (κ3) is 2.89. The Labute approximate surface area is 115 Å². The molecule has 1 N–H and O–H groups in total. The van der Waals surface area contributed by atoms with Gasteiger partial charge in [0.1, 0.15) is 0 Å². The molecular weight excluding hydrogens is 258 g/mol. The highest BCUT2D eigenvalue weighted by atomic mass is 16.6. The second-order valence-electron chi connectivity index (χ2n) is 4.04. The summed E-state index contributed by atoms with van der Waals surface area (Å²) in [5.41, 5.74) is 1.09. The molecule has 2 aromatic carbocycles. The Balaban J connectivity index is 2.66. The maximum atomic E-state index is 11.1. The number of carboxylic acids is 1. The van der Waals surface area contributed by atoms with Crippen LogP contribution in [0, 0.1) is 10.1 Å². The van der Waals surface area contributed by atoms with E-state index in [9.17, 15) is 14.9 Å². The Morgan fingerprint density at radius 3 is 2.25 bits per heavy atom. The first-order valence-corrected chi connectivity index (χ1v) is 5.83. The van der Waals surface area contributed by atoms with Gasteiger partial charge in [-0.2, -0.15) is 0 Å². The molecule has 2 aromatic rings. The second kappa shape index (κ2) is 5.79. The highest BCUT2D eigenvalue weighted by Gasteiger charge is 2.18. The molecule has 100 valence electrons. The van der Waals surface area contributed by atoms with Gasteiger partial charge < -0.3 is 5.11 Å². The predicted octanol–water partition coefficient (Wildman–Crippen LogP) is 3.11. The highest BCUT2D eigenvalue weighted by molar-refractivity contribution is 5.96. The normalized spacial score (nSPS) is 11.1. The van der Waals surface area contributed by atoms with E-state index in [2.05, 4.69) is 0 Å². The fraction of sp³-hybridized carbons (Fsp3) is 0. The van der Waals surface area contributed by atoms with E-state index >= 15 is 0 Å². The number of carbonyl (C=O) groups is 1. The van der Waals surface area contributed by atoms with Gasteiger partial charge in [-0.3, -0.25) is 10.1 Å². The fourth-order valence-corrected chi connectivity index (χ4v) is 1.92. The summed E-state index contributed by atoms with van der Waals surface area (Å²) in [7, 11) is 0. The third-order valence-electron chi connectivity index (χ3n) is 2.74. The first-order valence-electron chi connectivity index (χ1n) is 5.83. The van der Waals surface area contributed by atoms with E-state index in [1.165, 1.54) is 6.07 Å². The van der Waals surface area contributed by atoms with Crippen molar-refractivity contribution in [3.05, 3.63) is 81.9 Å². The van der Waals surface area contributed by atoms with Crippen LogP contribution in [0.15, 0.2) is 60.7 Å². The van der Waals surface area contributed by atoms with E-state index in [0.717, 1.165) is 6.08 Å². The Morgan fingerprint density at radius 1 is 1.05 bits per heavy atom. The molecule has 0 saturated carbocycles. The summed E-state index contributed by atoms with van der Waals surface area (Å²) in [6.07, 6.45) is 0.984. The van der Waals surface area contributed by atoms with Gasteiger partial charge in [-0.25, -0.2) is 4.79 Å². The Bertz CT molecular complexity index is 677. The molecule has 0 fully saturated rings. The standard InChI is InChI=1S/C15H11NO4/c17-15(18)10-13(11-6-2-1-3-7-11)12-8-4-5-9-14(12)16(19)20/h1-10H,(H,17,18)/b13-10-. The molecular formula is C15H11NO4. The van der Waals surface area contributed by atoms with Crippen molar-refractivity contribution < 1.29 is 14.8 Å². The summed E-state index contributed by atoms with van der Waals surface area (Å²) in [6.45, 7) is 0. The van der Waals surface area contributed by atoms with Crippen LogP contribution < -0.4 is 0 Å². The molecule has 0 aromatic heterocycles. The molecule has 0 radical (unpaired) electrons. The Hall–Kier alpha value is -2.95. The van der Waals surface area contributed by atoms with Gasteiger partial charge in [0.15, 0.2) is 0 Å². The zero-order chi connectivity index (χ0) is 14.5. The van der Waals surface area contributed by atoms with Gasteiger partial charge in [0, 0.05) is 17.7 Å². The van der Waals surface area contributed by atoms with Crippen molar-refractivity contribution in [2.45, 2.75) is 0 Å². The van der Waals surface area contributed by atoms with E-state index < -0.39 is 10.9 Å². The molecule has 0 atom stereocenters. The van der Waals surface area contributed by atoms with Gasteiger partial charge >= 0.3 is 5.97 Å². The van der Waals surface area contributed by atoms with Crippen LogP contribution in [0.4, 0.5) is 5.69 Å². The van der Waals surface area contributed by atoms with E-state index in [1.807, 2.05) is 0 Å². The van der Waals surface area contributed by atoms with E-state index in [0.29, 0.717) is 11.1 Å². The van der Waals surface area contributed by atoms with Gasteiger partial charge in [-0.05, 0) is 11.6 Å². The zero-order valence-electron chi connectivity index (χ0n) is 10.4. The lowest BCUT2D eigenvalue weighted by Gasteiger charge is -2.08. The van der Waals surface area contributed by atoms with E-state index in [4.69, 9.17) is 5.11 Å². The maximum absolute atomic E-state index is 11.1. The van der Waals surface area contributed by atoms with Crippen LogP contribution in [-0.4, -0.2) is 16.0 Å². The van der Waals surface area contributed by atoms with E-state index in [1.54, 1.807) is 48.5 Å². The lowest BCUT2D eigenvalue weighted by Crippen LogP contribution is -1.99. The quantitative estimate of drug-likeness (QED) is 0.525. The number of nitro groups is 1. The van der Waals surface area contributed by atoms with Gasteiger partial charge in [-0.1, -0.05) is 42.5 Å². The number of para-hydroxylation sites is 1. The number of nitro benzene ring substituents is 1. The van der Waals surface area contributed by atoms with Gasteiger partial charge in [0.2, 0.25) is 0 Å². The molecule has 0 heterocycles. The predicted molar refractivity (Wildman–Crippen MR) is 74.3 cm³/mol. The maximum Gasteiger partial charge on any atom is 0.328 e. The van der Waals surface area contributed by atoms with Crippen molar-refractivity contribution in [2.24, 2.45) is 0 Å². The Kier molecular flexibility index (Phi) is 3.91. The largest absolute Gasteiger partial charge is 0.478 e. The van der Waals surface area contributed by atoms with Crippen molar-refractivity contribution in [1.29, 1.82) is 0 Å². The molecule has 20 heavy (non-hydrogen) atoms. The summed E-state index contributed by atoms with van der Waals surface area (Å²) in [5, 5.41) is 20.1. The van der Waals surface area contributed by atoms with Crippen LogP contribution in [0.25, 0.3) is 5.57 Å². The smallest absolute Gasteiger partial charge is 0.328 e. The molecule has 0 amide bonds. The summed E-state index contributed by atoms with van der Waals surface area (Å²) in [6, 6.07) is 14.8. The summed E-state index contributed by atoms with van der Waals surface area (Å²) in [5.74, 6) is -1.15. The van der Waals surface area contributed by atoms with Crippen molar-refractivity contribution in [3.8, 4) is 0 Å². The number of hydrogen-bond acceptors (Lipinski definition) is 3. The lowest BCUT2D eigenvalue weighted by molar-refractivity contribution is -0.385. The van der Waals surface area contributed by atoms with Gasteiger partial charge in [-0.15, -0.1) is 0 Å². The monoisotopic (exact) mass is 269 g/mol. The van der Waals surface area contributed by atoms with Crippen molar-refractivity contribution in [1.82, 2.24) is 0 Å². The summed E-state index contributed by atoms with van der Waals surface area (Å²) in [4.78, 5) is 21.5. The van der Waals surface area contributed by atoms with Crippen LogP contribution >= 0.6 is 0 Å².